The number of carbonyl (C=O) groups is 1. The number of nitrogens with one attached hydrogen (secondary N) is 1. The monoisotopic (exact) mass is 335 g/mol. The Labute approximate surface area is 136 Å². The fraction of sp³-hybridized carbons (Fsp3) is 0.375. The van der Waals surface area contributed by atoms with Gasteiger partial charge in [0.1, 0.15) is 4.90 Å². The second kappa shape index (κ2) is 6.95. The van der Waals surface area contributed by atoms with Crippen molar-refractivity contribution in [1.82, 2.24) is 14.5 Å². The summed E-state index contributed by atoms with van der Waals surface area (Å²) >= 11 is 0. The highest BCUT2D eigenvalue weighted by molar-refractivity contribution is 7.90. The minimum Gasteiger partial charge on any atom is -0.274 e. The van der Waals surface area contributed by atoms with E-state index in [0.717, 1.165) is 12.0 Å². The zero-order valence-corrected chi connectivity index (χ0v) is 14.4. The smallest absolute Gasteiger partial charge is 0.267 e. The van der Waals surface area contributed by atoms with Gasteiger partial charge in [0.15, 0.2) is 0 Å². The van der Waals surface area contributed by atoms with Crippen molar-refractivity contribution < 1.29 is 13.2 Å². The van der Waals surface area contributed by atoms with Gasteiger partial charge in [-0.3, -0.25) is 9.48 Å². The van der Waals surface area contributed by atoms with E-state index in [1.54, 1.807) is 20.9 Å². The Hall–Kier alpha value is -2.15. The number of aromatic nitrogens is 2. The molecule has 1 N–H and O–H groups in total. The lowest BCUT2D eigenvalue weighted by atomic mass is 10.1. The minimum absolute atomic E-state index is 0.0800. The summed E-state index contributed by atoms with van der Waals surface area (Å²) in [6, 6.07) is 9.77. The molecule has 0 saturated heterocycles. The first-order chi connectivity index (χ1) is 10.8. The van der Waals surface area contributed by atoms with Gasteiger partial charge in [-0.25, -0.2) is 13.1 Å². The van der Waals surface area contributed by atoms with Crippen molar-refractivity contribution in [1.29, 1.82) is 0 Å². The van der Waals surface area contributed by atoms with Crippen molar-refractivity contribution in [3.63, 3.8) is 0 Å². The number of hydrogen-bond acceptors (Lipinski definition) is 4. The van der Waals surface area contributed by atoms with E-state index in [4.69, 9.17) is 0 Å². The number of nitrogens with zero attached hydrogens (tertiary/aromatic N) is 2. The second-order valence-electron chi connectivity index (χ2n) is 5.49. The van der Waals surface area contributed by atoms with Crippen LogP contribution in [0.2, 0.25) is 0 Å². The van der Waals surface area contributed by atoms with Crippen molar-refractivity contribution >= 4 is 15.9 Å². The van der Waals surface area contributed by atoms with Gasteiger partial charge in [-0.2, -0.15) is 5.10 Å². The van der Waals surface area contributed by atoms with Crippen LogP contribution >= 0.6 is 0 Å². The number of benzene rings is 1. The third-order valence-corrected chi connectivity index (χ3v) is 5.30. The number of aryl methyl sites for hydroxylation is 3. The molecule has 0 aliphatic rings. The highest BCUT2D eigenvalue weighted by Gasteiger charge is 2.25. The van der Waals surface area contributed by atoms with Crippen molar-refractivity contribution in [3.05, 3.63) is 47.3 Å². The fourth-order valence-corrected chi connectivity index (χ4v) is 3.95. The molecular weight excluding hydrogens is 314 g/mol. The molecule has 0 fully saturated rings. The second-order valence-corrected chi connectivity index (χ2v) is 7.11. The van der Waals surface area contributed by atoms with Crippen molar-refractivity contribution in [2.45, 2.75) is 38.0 Å². The van der Waals surface area contributed by atoms with Crippen LogP contribution in [0.15, 0.2) is 35.2 Å². The Morgan fingerprint density at radius 3 is 2.43 bits per heavy atom. The molecule has 7 heteroatoms. The van der Waals surface area contributed by atoms with E-state index >= 15 is 0 Å². The summed E-state index contributed by atoms with van der Waals surface area (Å²) in [5.74, 6) is -0.497. The van der Waals surface area contributed by atoms with Gasteiger partial charge in [0.05, 0.1) is 11.4 Å². The summed E-state index contributed by atoms with van der Waals surface area (Å²) in [7, 11) is -2.21. The number of hydrogen-bond donors (Lipinski definition) is 1. The largest absolute Gasteiger partial charge is 0.274 e. The van der Waals surface area contributed by atoms with E-state index < -0.39 is 15.9 Å². The molecule has 6 nitrogen and oxygen atoms in total. The van der Waals surface area contributed by atoms with Gasteiger partial charge in [-0.15, -0.1) is 0 Å². The number of sulfonamides is 1. The summed E-state index contributed by atoms with van der Waals surface area (Å²) in [4.78, 5) is 12.0. The van der Waals surface area contributed by atoms with Crippen LogP contribution in [0.25, 0.3) is 0 Å². The normalized spacial score (nSPS) is 11.4. The third kappa shape index (κ3) is 4.19. The first-order valence-corrected chi connectivity index (χ1v) is 8.89. The standard InChI is InChI=1S/C16H21N3O3S/c1-12-16(13(2)19(3)17-12)23(21,22)18-15(20)11-7-10-14-8-5-4-6-9-14/h4-6,8-9H,7,10-11H2,1-3H3,(H,18,20). The highest BCUT2D eigenvalue weighted by atomic mass is 32.2. The molecule has 1 amide bonds. The molecule has 0 unspecified atom stereocenters. The molecule has 0 spiro atoms. The molecule has 23 heavy (non-hydrogen) atoms. The van der Waals surface area contributed by atoms with Gasteiger partial charge < -0.3 is 0 Å². The lowest BCUT2D eigenvalue weighted by Crippen LogP contribution is -2.31. The fourth-order valence-electron chi connectivity index (χ4n) is 2.49. The summed E-state index contributed by atoms with van der Waals surface area (Å²) in [5, 5.41) is 4.07. The maximum absolute atomic E-state index is 12.3. The van der Waals surface area contributed by atoms with Crippen LogP contribution in [-0.2, 0) is 28.3 Å². The average molecular weight is 335 g/mol. The van der Waals surface area contributed by atoms with Crippen LogP contribution in [0, 0.1) is 13.8 Å². The summed E-state index contributed by atoms with van der Waals surface area (Å²) < 4.78 is 28.3. The maximum atomic E-state index is 12.3. The molecule has 2 rings (SSSR count). The highest BCUT2D eigenvalue weighted by Crippen LogP contribution is 2.18. The summed E-state index contributed by atoms with van der Waals surface area (Å²) in [6.07, 6.45) is 1.49. The number of rotatable bonds is 6. The zero-order valence-electron chi connectivity index (χ0n) is 13.5. The summed E-state index contributed by atoms with van der Waals surface area (Å²) in [5.41, 5.74) is 2.02. The molecule has 0 aliphatic carbocycles. The Balaban J connectivity index is 1.96. The Morgan fingerprint density at radius 2 is 1.87 bits per heavy atom. The molecule has 0 bridgehead atoms. The molecule has 124 valence electrons. The molecular formula is C16H21N3O3S. The van der Waals surface area contributed by atoms with Crippen LogP contribution < -0.4 is 4.72 Å². The van der Waals surface area contributed by atoms with Crippen molar-refractivity contribution in [3.8, 4) is 0 Å². The molecule has 0 atom stereocenters. The van der Waals surface area contributed by atoms with Gasteiger partial charge in [0.25, 0.3) is 10.0 Å². The maximum Gasteiger partial charge on any atom is 0.267 e. The van der Waals surface area contributed by atoms with Crippen molar-refractivity contribution in [2.75, 3.05) is 0 Å². The lowest BCUT2D eigenvalue weighted by molar-refractivity contribution is -0.119. The van der Waals surface area contributed by atoms with Crippen LogP contribution in [0.4, 0.5) is 0 Å². The van der Waals surface area contributed by atoms with Gasteiger partial charge in [0.2, 0.25) is 5.91 Å². The molecule has 2 aromatic rings. The van der Waals surface area contributed by atoms with Crippen LogP contribution in [0.1, 0.15) is 29.8 Å². The van der Waals surface area contributed by atoms with Gasteiger partial charge in [-0.05, 0) is 32.3 Å². The van der Waals surface area contributed by atoms with Crippen LogP contribution in [0.3, 0.4) is 0 Å². The first kappa shape index (κ1) is 17.2. The number of carbonyl (C=O) groups excluding carboxylic acids is 1. The lowest BCUT2D eigenvalue weighted by Gasteiger charge is -2.07. The first-order valence-electron chi connectivity index (χ1n) is 7.41. The van der Waals surface area contributed by atoms with Crippen LogP contribution in [-0.4, -0.2) is 24.1 Å². The van der Waals surface area contributed by atoms with Crippen LogP contribution in [0.5, 0.6) is 0 Å². The van der Waals surface area contributed by atoms with E-state index in [2.05, 4.69) is 9.82 Å². The van der Waals surface area contributed by atoms with Gasteiger partial charge in [0, 0.05) is 13.5 Å². The Kier molecular flexibility index (Phi) is 5.20. The van der Waals surface area contributed by atoms with E-state index in [9.17, 15) is 13.2 Å². The van der Waals surface area contributed by atoms with Gasteiger partial charge in [-0.1, -0.05) is 30.3 Å². The SMILES string of the molecule is Cc1nn(C)c(C)c1S(=O)(=O)NC(=O)CCCc1ccccc1. The van der Waals surface area contributed by atoms with E-state index in [1.807, 2.05) is 30.3 Å². The van der Waals surface area contributed by atoms with Crippen molar-refractivity contribution in [2.24, 2.45) is 7.05 Å². The number of amides is 1. The third-order valence-electron chi connectivity index (χ3n) is 3.67. The topological polar surface area (TPSA) is 81.1 Å². The predicted octanol–water partition coefficient (Wildman–Crippen LogP) is 1.86. The average Bonchev–Trinajstić information content (AvgIpc) is 2.73. The Bertz CT molecular complexity index is 795. The quantitative estimate of drug-likeness (QED) is 0.874. The molecule has 0 saturated carbocycles. The van der Waals surface area contributed by atoms with E-state index in [1.165, 1.54) is 4.68 Å². The zero-order chi connectivity index (χ0) is 17.0. The Morgan fingerprint density at radius 1 is 1.22 bits per heavy atom. The molecule has 1 heterocycles. The molecule has 0 radical (unpaired) electrons. The minimum atomic E-state index is -3.88. The van der Waals surface area contributed by atoms with E-state index in [0.29, 0.717) is 17.8 Å². The predicted molar refractivity (Wildman–Crippen MR) is 87.4 cm³/mol. The van der Waals surface area contributed by atoms with E-state index in [-0.39, 0.29) is 11.3 Å². The molecule has 1 aromatic carbocycles. The molecule has 0 aliphatic heterocycles. The summed E-state index contributed by atoms with van der Waals surface area (Å²) in [6.45, 7) is 3.27. The molecule has 1 aromatic heterocycles. The van der Waals surface area contributed by atoms with Gasteiger partial charge >= 0.3 is 0 Å².